The van der Waals surface area contributed by atoms with E-state index >= 15 is 0 Å². The van der Waals surface area contributed by atoms with Gasteiger partial charge in [0, 0.05) is 23.5 Å². The highest BCUT2D eigenvalue weighted by Crippen LogP contribution is 2.34. The van der Waals surface area contributed by atoms with E-state index in [2.05, 4.69) is 10.2 Å². The van der Waals surface area contributed by atoms with Gasteiger partial charge in [-0.3, -0.25) is 4.79 Å². The second-order valence-electron chi connectivity index (χ2n) is 5.81. The number of carbonyl (C=O) groups excluding carboxylic acids is 1. The van der Waals surface area contributed by atoms with Gasteiger partial charge >= 0.3 is 0 Å². The maximum Gasteiger partial charge on any atom is 0.236 e. The van der Waals surface area contributed by atoms with Crippen molar-refractivity contribution in [1.82, 2.24) is 10.2 Å². The molecular weight excluding hydrogens is 304 g/mol. The minimum Gasteiger partial charge on any atom is -0.334 e. The number of hydrogen-bond donors (Lipinski definition) is 1. The van der Waals surface area contributed by atoms with Gasteiger partial charge in [-0.1, -0.05) is 23.7 Å². The molecule has 0 spiro atoms. The molecule has 3 nitrogen and oxygen atoms in total. The van der Waals surface area contributed by atoms with Gasteiger partial charge in [-0.2, -0.15) is 0 Å². The van der Waals surface area contributed by atoms with Gasteiger partial charge in [0.1, 0.15) is 0 Å². The van der Waals surface area contributed by atoms with E-state index in [1.54, 1.807) is 11.8 Å². The van der Waals surface area contributed by atoms with Gasteiger partial charge in [0.25, 0.3) is 0 Å². The van der Waals surface area contributed by atoms with Crippen molar-refractivity contribution in [2.24, 2.45) is 0 Å². The molecular formula is C16H21ClN2OS. The lowest BCUT2D eigenvalue weighted by atomic mass is 10.1. The van der Waals surface area contributed by atoms with Crippen molar-refractivity contribution in [3.05, 3.63) is 29.3 Å². The molecule has 0 aliphatic carbocycles. The lowest BCUT2D eigenvalue weighted by Gasteiger charge is -2.30. The van der Waals surface area contributed by atoms with Crippen LogP contribution in [0, 0.1) is 0 Å². The Bertz CT molecular complexity index is 511. The highest BCUT2D eigenvalue weighted by atomic mass is 35.5. The number of carbonyl (C=O) groups is 1. The van der Waals surface area contributed by atoms with Crippen molar-refractivity contribution >= 4 is 29.3 Å². The summed E-state index contributed by atoms with van der Waals surface area (Å²) in [7, 11) is 0. The van der Waals surface area contributed by atoms with E-state index in [4.69, 9.17) is 11.6 Å². The van der Waals surface area contributed by atoms with Crippen LogP contribution < -0.4 is 5.32 Å². The number of benzene rings is 1. The van der Waals surface area contributed by atoms with Crippen molar-refractivity contribution in [1.29, 1.82) is 0 Å². The smallest absolute Gasteiger partial charge is 0.236 e. The average Bonchev–Trinajstić information content (AvgIpc) is 2.73. The summed E-state index contributed by atoms with van der Waals surface area (Å²) in [6.45, 7) is 3.96. The molecule has 2 saturated heterocycles. The van der Waals surface area contributed by atoms with Gasteiger partial charge in [0.2, 0.25) is 5.91 Å². The van der Waals surface area contributed by atoms with Crippen LogP contribution >= 0.6 is 23.4 Å². The maximum absolute atomic E-state index is 12.9. The molecule has 3 atom stereocenters. The molecule has 1 aromatic carbocycles. The Morgan fingerprint density at radius 1 is 1.33 bits per heavy atom. The third-order valence-electron chi connectivity index (χ3n) is 4.40. The third-order valence-corrected chi connectivity index (χ3v) is 6.00. The summed E-state index contributed by atoms with van der Waals surface area (Å²) < 4.78 is 0. The Labute approximate surface area is 135 Å². The van der Waals surface area contributed by atoms with Crippen LogP contribution in [-0.4, -0.2) is 41.2 Å². The summed E-state index contributed by atoms with van der Waals surface area (Å²) in [5.74, 6) is 0.260. The zero-order valence-corrected chi connectivity index (χ0v) is 13.8. The van der Waals surface area contributed by atoms with Crippen LogP contribution in [0.2, 0.25) is 5.02 Å². The second kappa shape index (κ2) is 6.59. The van der Waals surface area contributed by atoms with Crippen LogP contribution in [0.15, 0.2) is 29.2 Å². The van der Waals surface area contributed by atoms with E-state index in [9.17, 15) is 4.79 Å². The fourth-order valence-electron chi connectivity index (χ4n) is 3.33. The molecule has 2 fully saturated rings. The molecule has 1 N–H and O–H groups in total. The first kappa shape index (κ1) is 15.2. The summed E-state index contributed by atoms with van der Waals surface area (Å²) in [6.07, 6.45) is 3.36. The average molecular weight is 325 g/mol. The molecule has 3 unspecified atom stereocenters. The molecule has 0 radical (unpaired) electrons. The van der Waals surface area contributed by atoms with Gasteiger partial charge in [-0.05, 0) is 44.9 Å². The van der Waals surface area contributed by atoms with Crippen LogP contribution in [0.5, 0.6) is 0 Å². The second-order valence-corrected chi connectivity index (χ2v) is 7.60. The Balaban J connectivity index is 1.71. The van der Waals surface area contributed by atoms with Crippen molar-refractivity contribution in [2.45, 2.75) is 48.4 Å². The monoisotopic (exact) mass is 324 g/mol. The van der Waals surface area contributed by atoms with Gasteiger partial charge in [0.05, 0.1) is 10.3 Å². The largest absolute Gasteiger partial charge is 0.334 e. The summed E-state index contributed by atoms with van der Waals surface area (Å²) in [6, 6.07) is 8.53. The number of thioether (sulfide) groups is 1. The van der Waals surface area contributed by atoms with Gasteiger partial charge in [0.15, 0.2) is 0 Å². The first-order valence-electron chi connectivity index (χ1n) is 7.61. The van der Waals surface area contributed by atoms with Crippen molar-refractivity contribution < 1.29 is 4.79 Å². The lowest BCUT2D eigenvalue weighted by Crippen LogP contribution is -2.45. The topological polar surface area (TPSA) is 32.3 Å². The van der Waals surface area contributed by atoms with E-state index in [0.717, 1.165) is 42.3 Å². The summed E-state index contributed by atoms with van der Waals surface area (Å²) in [4.78, 5) is 16.0. The van der Waals surface area contributed by atoms with E-state index in [0.29, 0.717) is 12.1 Å². The first-order valence-corrected chi connectivity index (χ1v) is 8.86. The number of hydrogen-bond acceptors (Lipinski definition) is 3. The standard InChI is InChI=1S/C16H21ClN2OS/c1-11(21-15-5-3-2-4-14(15)17)16(20)19-12-6-7-13(19)10-18-9-8-12/h2-5,11-13,18H,6-10H2,1H3. The molecule has 0 aromatic heterocycles. The Morgan fingerprint density at radius 3 is 2.90 bits per heavy atom. The molecule has 0 saturated carbocycles. The molecule has 3 rings (SSSR count). The van der Waals surface area contributed by atoms with Crippen LogP contribution in [0.3, 0.4) is 0 Å². The van der Waals surface area contributed by atoms with Crippen LogP contribution in [-0.2, 0) is 4.79 Å². The molecule has 21 heavy (non-hydrogen) atoms. The van der Waals surface area contributed by atoms with Crippen LogP contribution in [0.4, 0.5) is 0 Å². The highest BCUT2D eigenvalue weighted by molar-refractivity contribution is 8.00. The third kappa shape index (κ3) is 3.22. The fraction of sp³-hybridized carbons (Fsp3) is 0.562. The first-order chi connectivity index (χ1) is 10.2. The molecule has 5 heteroatoms. The molecule has 1 amide bonds. The van der Waals surface area contributed by atoms with Crippen LogP contribution in [0.1, 0.15) is 26.2 Å². The van der Waals surface area contributed by atoms with Gasteiger partial charge in [-0.25, -0.2) is 0 Å². The number of amides is 1. The van der Waals surface area contributed by atoms with Crippen molar-refractivity contribution in [2.75, 3.05) is 13.1 Å². The Hall–Kier alpha value is -0.710. The van der Waals surface area contributed by atoms with Crippen molar-refractivity contribution in [3.8, 4) is 0 Å². The van der Waals surface area contributed by atoms with Crippen LogP contribution in [0.25, 0.3) is 0 Å². The summed E-state index contributed by atoms with van der Waals surface area (Å²) in [5, 5.41) is 4.07. The van der Waals surface area contributed by atoms with E-state index < -0.39 is 0 Å². The number of fused-ring (bicyclic) bond motifs is 2. The highest BCUT2D eigenvalue weighted by Gasteiger charge is 2.39. The molecule has 2 bridgehead atoms. The number of halogens is 1. The Kier molecular flexibility index (Phi) is 4.77. The summed E-state index contributed by atoms with van der Waals surface area (Å²) in [5.41, 5.74) is 0. The molecule has 1 aromatic rings. The summed E-state index contributed by atoms with van der Waals surface area (Å²) >= 11 is 7.77. The zero-order valence-electron chi connectivity index (χ0n) is 12.2. The lowest BCUT2D eigenvalue weighted by molar-refractivity contribution is -0.132. The predicted octanol–water partition coefficient (Wildman–Crippen LogP) is 3.17. The molecule has 2 aliphatic heterocycles. The minimum absolute atomic E-state index is 0.0916. The van der Waals surface area contributed by atoms with Crippen molar-refractivity contribution in [3.63, 3.8) is 0 Å². The number of nitrogens with zero attached hydrogens (tertiary/aromatic N) is 1. The number of rotatable bonds is 3. The normalized spacial score (nSPS) is 26.5. The number of nitrogens with one attached hydrogen (secondary N) is 1. The van der Waals surface area contributed by atoms with Gasteiger partial charge < -0.3 is 10.2 Å². The zero-order chi connectivity index (χ0) is 14.8. The Morgan fingerprint density at radius 2 is 2.10 bits per heavy atom. The fourth-order valence-corrected chi connectivity index (χ4v) is 4.54. The van der Waals surface area contributed by atoms with E-state index in [1.165, 1.54) is 0 Å². The van der Waals surface area contributed by atoms with Gasteiger partial charge in [-0.15, -0.1) is 11.8 Å². The minimum atomic E-state index is -0.0916. The predicted molar refractivity (Wildman–Crippen MR) is 87.9 cm³/mol. The molecule has 2 aliphatic rings. The van der Waals surface area contributed by atoms with E-state index in [1.807, 2.05) is 31.2 Å². The maximum atomic E-state index is 12.9. The molecule has 114 valence electrons. The van der Waals surface area contributed by atoms with E-state index in [-0.39, 0.29) is 11.2 Å². The molecule has 2 heterocycles. The SMILES string of the molecule is CC(Sc1ccccc1Cl)C(=O)N1C2CCNCC1CC2. The quantitative estimate of drug-likeness (QED) is 0.867.